The van der Waals surface area contributed by atoms with Gasteiger partial charge < -0.3 is 0 Å². The molecule has 1 aliphatic rings. The van der Waals surface area contributed by atoms with Gasteiger partial charge in [-0.2, -0.15) is 0 Å². The Hall–Kier alpha value is -1.22. The summed E-state index contributed by atoms with van der Waals surface area (Å²) in [6.07, 6.45) is 0. The van der Waals surface area contributed by atoms with Crippen molar-refractivity contribution in [3.05, 3.63) is 91.0 Å². The van der Waals surface area contributed by atoms with Gasteiger partial charge in [-0.25, -0.2) is 0 Å². The molecule has 1 nitrogen and oxygen atoms in total. The Morgan fingerprint density at radius 3 is 1.12 bits per heavy atom. The van der Waals surface area contributed by atoms with Crippen LogP contribution in [0.5, 0.6) is 0 Å². The number of halogens is 1. The van der Waals surface area contributed by atoms with Crippen molar-refractivity contribution >= 4 is 42.4 Å². The summed E-state index contributed by atoms with van der Waals surface area (Å²) >= 11 is 2.85. The van der Waals surface area contributed by atoms with Crippen molar-refractivity contribution in [3.63, 3.8) is 0 Å². The summed E-state index contributed by atoms with van der Waals surface area (Å²) in [5.74, 6) is 0. The Balaban J connectivity index is 2.14. The fourth-order valence-corrected chi connectivity index (χ4v) is 14.9. The second-order valence-electron chi connectivity index (χ2n) is 6.83. The average Bonchev–Trinajstić information content (AvgIpc) is 3.30. The molecular formula is C22H23INP. The summed E-state index contributed by atoms with van der Waals surface area (Å²) in [4.78, 5) is 0. The molecule has 0 aliphatic carbocycles. The van der Waals surface area contributed by atoms with Gasteiger partial charge in [-0.05, 0) is 0 Å². The minimum absolute atomic E-state index is 0.579. The van der Waals surface area contributed by atoms with Gasteiger partial charge in [-0.15, -0.1) is 0 Å². The summed E-state index contributed by atoms with van der Waals surface area (Å²) in [5, 5.41) is 4.30. The topological polar surface area (TPSA) is 3.01 Å². The van der Waals surface area contributed by atoms with E-state index in [1.54, 1.807) is 0 Å². The monoisotopic (exact) mass is 459 g/mol. The van der Waals surface area contributed by atoms with Crippen molar-refractivity contribution in [2.24, 2.45) is 0 Å². The summed E-state index contributed by atoms with van der Waals surface area (Å²) in [6.45, 7) is 4.72. The molecule has 0 aromatic heterocycles. The maximum absolute atomic E-state index is 2.85. The van der Waals surface area contributed by atoms with Crippen LogP contribution in [0.2, 0.25) is 0 Å². The molecule has 128 valence electrons. The van der Waals surface area contributed by atoms with E-state index < -0.39 is 4.40 Å². The second kappa shape index (κ2) is 6.19. The molecule has 1 aliphatic heterocycles. The van der Waals surface area contributed by atoms with Gasteiger partial charge in [0.2, 0.25) is 0 Å². The number of benzene rings is 3. The zero-order valence-electron chi connectivity index (χ0n) is 14.6. The zero-order chi connectivity index (χ0) is 17.5. The molecular weight excluding hydrogens is 436 g/mol. The van der Waals surface area contributed by atoms with Crippen LogP contribution in [0.25, 0.3) is 0 Å². The van der Waals surface area contributed by atoms with E-state index in [-0.39, 0.29) is 0 Å². The first-order chi connectivity index (χ1) is 12.1. The number of rotatable bonds is 4. The van der Waals surface area contributed by atoms with Crippen molar-refractivity contribution in [3.8, 4) is 0 Å². The molecule has 0 radical (unpaired) electrons. The van der Waals surface area contributed by atoms with E-state index in [4.69, 9.17) is 0 Å². The molecule has 0 bridgehead atoms. The van der Waals surface area contributed by atoms with Crippen LogP contribution < -0.4 is 15.9 Å². The summed E-state index contributed by atoms with van der Waals surface area (Å²) in [6, 6.07) is 34.5. The molecule has 3 aromatic carbocycles. The van der Waals surface area contributed by atoms with Crippen LogP contribution in [0.15, 0.2) is 91.0 Å². The Morgan fingerprint density at radius 2 is 0.880 bits per heavy atom. The molecule has 0 spiro atoms. The quantitative estimate of drug-likeness (QED) is 0.306. The van der Waals surface area contributed by atoms with E-state index in [1.807, 2.05) is 0 Å². The van der Waals surface area contributed by atoms with Crippen LogP contribution in [0.3, 0.4) is 0 Å². The van der Waals surface area contributed by atoms with Gasteiger partial charge in [0.25, 0.3) is 0 Å². The van der Waals surface area contributed by atoms with E-state index in [2.05, 4.69) is 132 Å². The fourth-order valence-electron chi connectivity index (χ4n) is 4.12. The third kappa shape index (κ3) is 2.34. The van der Waals surface area contributed by atoms with Crippen molar-refractivity contribution < 1.29 is 0 Å². The van der Waals surface area contributed by atoms with Crippen molar-refractivity contribution in [1.82, 2.24) is 4.67 Å². The molecule has 0 amide bonds. The molecule has 1 heterocycles. The van der Waals surface area contributed by atoms with Crippen LogP contribution in [0.4, 0.5) is 0 Å². The van der Waals surface area contributed by atoms with Crippen molar-refractivity contribution in [2.75, 3.05) is 0 Å². The van der Waals surface area contributed by atoms with Gasteiger partial charge in [0, 0.05) is 0 Å². The first kappa shape index (κ1) is 17.2. The molecule has 1 saturated heterocycles. The molecule has 3 aromatic rings. The first-order valence-electron chi connectivity index (χ1n) is 8.78. The molecule has 3 heteroatoms. The van der Waals surface area contributed by atoms with Gasteiger partial charge in [0.05, 0.1) is 0 Å². The van der Waals surface area contributed by atoms with Gasteiger partial charge in [-0.1, -0.05) is 0 Å². The normalized spacial score (nSPS) is 24.3. The third-order valence-corrected chi connectivity index (χ3v) is 17.4. The van der Waals surface area contributed by atoms with Crippen LogP contribution >= 0.6 is 26.4 Å². The predicted molar refractivity (Wildman–Crippen MR) is 120 cm³/mol. The van der Waals surface area contributed by atoms with E-state index in [1.165, 1.54) is 15.9 Å². The Bertz CT molecular complexity index is 759. The van der Waals surface area contributed by atoms with Gasteiger partial charge in [-0.3, -0.25) is 0 Å². The second-order valence-corrected chi connectivity index (χ2v) is 16.4. The molecule has 0 saturated carbocycles. The SMILES string of the molecule is CC1C(C)N1P(I)(c1ccccc1)(c1ccccc1)c1ccccc1. The number of nitrogens with zero attached hydrogens (tertiary/aromatic N) is 1. The van der Waals surface area contributed by atoms with Crippen LogP contribution in [-0.2, 0) is 0 Å². The molecule has 1 fully saturated rings. The summed E-state index contributed by atoms with van der Waals surface area (Å²) < 4.78 is 0.0428. The van der Waals surface area contributed by atoms with Gasteiger partial charge >= 0.3 is 164 Å². The van der Waals surface area contributed by atoms with Crippen LogP contribution in [0, 0.1) is 0 Å². The Morgan fingerprint density at radius 1 is 0.600 bits per heavy atom. The molecule has 2 atom stereocenters. The summed E-state index contributed by atoms with van der Waals surface area (Å²) in [7, 11) is 0. The van der Waals surface area contributed by atoms with Crippen molar-refractivity contribution in [1.29, 1.82) is 0 Å². The van der Waals surface area contributed by atoms with E-state index in [0.29, 0.717) is 12.1 Å². The third-order valence-electron chi connectivity index (χ3n) is 5.56. The first-order valence-corrected chi connectivity index (χ1v) is 13.8. The van der Waals surface area contributed by atoms with Gasteiger partial charge in [0.1, 0.15) is 0 Å². The van der Waals surface area contributed by atoms with Crippen molar-refractivity contribution in [2.45, 2.75) is 25.9 Å². The minimum atomic E-state index is -2.73. The standard InChI is InChI=1S/C22H23INP/c1-18-19(2)24(18)25(23,20-12-6-3-7-13-20,21-14-8-4-9-15-21)22-16-10-5-11-17-22/h3-19H,1-2H3. The van der Waals surface area contributed by atoms with E-state index in [0.717, 1.165) is 0 Å². The van der Waals surface area contributed by atoms with E-state index >= 15 is 0 Å². The maximum atomic E-state index is 2.85. The number of hydrogen-bond donors (Lipinski definition) is 0. The predicted octanol–water partition coefficient (Wildman–Crippen LogP) is 4.87. The zero-order valence-corrected chi connectivity index (χ0v) is 17.6. The van der Waals surface area contributed by atoms with Crippen LogP contribution in [-0.4, -0.2) is 16.8 Å². The average molecular weight is 459 g/mol. The number of hydrogen-bond acceptors (Lipinski definition) is 1. The molecule has 2 unspecified atom stereocenters. The van der Waals surface area contributed by atoms with Gasteiger partial charge in [0.15, 0.2) is 0 Å². The molecule has 0 N–H and O–H groups in total. The molecule has 25 heavy (non-hydrogen) atoms. The van der Waals surface area contributed by atoms with E-state index in [9.17, 15) is 0 Å². The fraction of sp³-hybridized carbons (Fsp3) is 0.182. The summed E-state index contributed by atoms with van der Waals surface area (Å²) in [5.41, 5.74) is 0. The molecule has 4 rings (SSSR count). The Kier molecular flexibility index (Phi) is 4.26. The van der Waals surface area contributed by atoms with Crippen LogP contribution in [0.1, 0.15) is 13.8 Å². The Labute approximate surface area is 163 Å².